The maximum absolute atomic E-state index is 12.4. The van der Waals surface area contributed by atoms with Gasteiger partial charge in [0.05, 0.1) is 13.7 Å². The number of hydrogen-bond acceptors (Lipinski definition) is 5. The van der Waals surface area contributed by atoms with Gasteiger partial charge in [-0.25, -0.2) is 0 Å². The van der Waals surface area contributed by atoms with Gasteiger partial charge in [0.25, 0.3) is 5.91 Å². The van der Waals surface area contributed by atoms with Gasteiger partial charge in [-0.2, -0.15) is 0 Å². The molecule has 6 heteroatoms. The highest BCUT2D eigenvalue weighted by Crippen LogP contribution is 2.20. The average molecular weight is 448 g/mol. The van der Waals surface area contributed by atoms with Crippen molar-refractivity contribution in [2.75, 3.05) is 19.0 Å². The molecule has 0 aliphatic rings. The summed E-state index contributed by atoms with van der Waals surface area (Å²) in [5.41, 5.74) is 2.38. The molecule has 0 radical (unpaired) electrons. The number of rotatable bonds is 10. The van der Waals surface area contributed by atoms with Crippen molar-refractivity contribution in [1.29, 1.82) is 0 Å². The van der Waals surface area contributed by atoms with Gasteiger partial charge >= 0.3 is 5.97 Å². The van der Waals surface area contributed by atoms with Crippen molar-refractivity contribution in [3.8, 4) is 17.2 Å². The Hall–Kier alpha value is -3.80. The predicted molar refractivity (Wildman–Crippen MR) is 128 cm³/mol. The molecule has 0 saturated heterocycles. The Balaban J connectivity index is 1.40. The van der Waals surface area contributed by atoms with Crippen molar-refractivity contribution < 1.29 is 23.8 Å². The third-order valence-corrected chi connectivity index (χ3v) is 5.04. The molecule has 1 N–H and O–H groups in total. The number of nitrogens with one attached hydrogen (secondary N) is 1. The summed E-state index contributed by atoms with van der Waals surface area (Å²) in [6, 6.07) is 21.5. The monoisotopic (exact) mass is 447 g/mol. The number of carbonyl (C=O) groups is 2. The van der Waals surface area contributed by atoms with Crippen molar-refractivity contribution >= 4 is 17.6 Å². The molecular formula is C27H29NO5. The van der Waals surface area contributed by atoms with Gasteiger partial charge in [0.1, 0.15) is 17.2 Å². The van der Waals surface area contributed by atoms with Crippen LogP contribution in [0.2, 0.25) is 0 Å². The Morgan fingerprint density at radius 1 is 0.818 bits per heavy atom. The Labute approximate surface area is 194 Å². The number of hydrogen-bond donors (Lipinski definition) is 1. The maximum Gasteiger partial charge on any atom is 0.311 e. The van der Waals surface area contributed by atoms with Crippen molar-refractivity contribution in [3.63, 3.8) is 0 Å². The van der Waals surface area contributed by atoms with E-state index in [1.165, 1.54) is 5.56 Å². The molecule has 33 heavy (non-hydrogen) atoms. The van der Waals surface area contributed by atoms with Gasteiger partial charge in [-0.05, 0) is 78.6 Å². The van der Waals surface area contributed by atoms with E-state index < -0.39 is 0 Å². The quantitative estimate of drug-likeness (QED) is 0.240. The van der Waals surface area contributed by atoms with Gasteiger partial charge in [-0.3, -0.25) is 9.59 Å². The number of anilines is 1. The van der Waals surface area contributed by atoms with E-state index in [1.807, 2.05) is 12.1 Å². The molecule has 0 spiro atoms. The molecule has 172 valence electrons. The number of amides is 1. The fourth-order valence-electron chi connectivity index (χ4n) is 3.09. The molecule has 0 saturated carbocycles. The Kier molecular flexibility index (Phi) is 8.47. The lowest BCUT2D eigenvalue weighted by molar-refractivity contribution is -0.134. The first kappa shape index (κ1) is 23.9. The molecule has 6 nitrogen and oxygen atoms in total. The summed E-state index contributed by atoms with van der Waals surface area (Å²) in [6.45, 7) is 4.72. The lowest BCUT2D eigenvalue weighted by atomic mass is 10.0. The first-order valence-corrected chi connectivity index (χ1v) is 10.9. The van der Waals surface area contributed by atoms with Crippen LogP contribution >= 0.6 is 0 Å². The Bertz CT molecular complexity index is 1040. The summed E-state index contributed by atoms with van der Waals surface area (Å²) >= 11 is 0. The maximum atomic E-state index is 12.4. The highest BCUT2D eigenvalue weighted by atomic mass is 16.5. The molecule has 0 atom stereocenters. The number of esters is 1. The number of ether oxygens (including phenoxy) is 3. The summed E-state index contributed by atoms with van der Waals surface area (Å²) in [4.78, 5) is 24.5. The minimum Gasteiger partial charge on any atom is -0.497 e. The second-order valence-corrected chi connectivity index (χ2v) is 7.86. The molecule has 0 aliphatic heterocycles. The van der Waals surface area contributed by atoms with E-state index in [9.17, 15) is 9.59 Å². The molecule has 0 heterocycles. The van der Waals surface area contributed by atoms with Crippen molar-refractivity contribution in [2.24, 2.45) is 0 Å². The minimum atomic E-state index is -0.343. The highest BCUT2D eigenvalue weighted by Gasteiger charge is 2.09. The molecule has 3 rings (SSSR count). The van der Waals surface area contributed by atoms with E-state index in [4.69, 9.17) is 14.2 Å². The predicted octanol–water partition coefficient (Wildman–Crippen LogP) is 5.84. The normalized spacial score (nSPS) is 10.5. The standard InChI is InChI=1S/C27H29NO5/c1-19(2)20-6-12-24(13-7-20)32-18-4-5-26(29)33-25-14-8-21(9-15-25)27(30)28-22-10-16-23(31-3)17-11-22/h6-17,19H,4-5,18H2,1-3H3,(H,28,30). The first-order valence-electron chi connectivity index (χ1n) is 10.9. The van der Waals surface area contributed by atoms with E-state index in [1.54, 1.807) is 55.6 Å². The fourth-order valence-corrected chi connectivity index (χ4v) is 3.09. The van der Waals surface area contributed by atoms with Crippen LogP contribution in [0.1, 0.15) is 48.5 Å². The number of benzene rings is 3. The van der Waals surface area contributed by atoms with Crippen LogP contribution in [0.15, 0.2) is 72.8 Å². The van der Waals surface area contributed by atoms with Crippen LogP contribution < -0.4 is 19.5 Å². The Morgan fingerprint density at radius 2 is 1.42 bits per heavy atom. The average Bonchev–Trinajstić information content (AvgIpc) is 2.83. The van der Waals surface area contributed by atoms with Gasteiger partial charge in [-0.15, -0.1) is 0 Å². The van der Waals surface area contributed by atoms with Crippen LogP contribution in [0.3, 0.4) is 0 Å². The third-order valence-electron chi connectivity index (χ3n) is 5.04. The summed E-state index contributed by atoms with van der Waals surface area (Å²) in [5.74, 6) is 1.78. The second-order valence-electron chi connectivity index (χ2n) is 7.86. The molecule has 1 amide bonds. The van der Waals surface area contributed by atoms with Gasteiger partial charge in [-0.1, -0.05) is 26.0 Å². The van der Waals surface area contributed by atoms with E-state index >= 15 is 0 Å². The van der Waals surface area contributed by atoms with Crippen molar-refractivity contribution in [3.05, 3.63) is 83.9 Å². The smallest absolute Gasteiger partial charge is 0.311 e. The van der Waals surface area contributed by atoms with E-state index in [0.717, 1.165) is 5.75 Å². The summed E-state index contributed by atoms with van der Waals surface area (Å²) < 4.78 is 16.1. The number of carbonyl (C=O) groups excluding carboxylic acids is 2. The molecule has 0 unspecified atom stereocenters. The zero-order valence-electron chi connectivity index (χ0n) is 19.2. The lowest BCUT2D eigenvalue weighted by Crippen LogP contribution is -2.12. The molecule has 3 aromatic carbocycles. The largest absolute Gasteiger partial charge is 0.497 e. The first-order chi connectivity index (χ1) is 15.9. The van der Waals surface area contributed by atoms with Gasteiger partial charge < -0.3 is 19.5 Å². The molecule has 3 aromatic rings. The zero-order valence-corrected chi connectivity index (χ0v) is 19.2. The van der Waals surface area contributed by atoms with Crippen LogP contribution in [0.4, 0.5) is 5.69 Å². The highest BCUT2D eigenvalue weighted by molar-refractivity contribution is 6.04. The summed E-state index contributed by atoms with van der Waals surface area (Å²) in [5, 5.41) is 2.81. The van der Waals surface area contributed by atoms with E-state index in [2.05, 4.69) is 31.3 Å². The topological polar surface area (TPSA) is 73.9 Å². The van der Waals surface area contributed by atoms with E-state index in [0.29, 0.717) is 41.7 Å². The molecule has 0 aliphatic carbocycles. The second kappa shape index (κ2) is 11.7. The van der Waals surface area contributed by atoms with Gasteiger partial charge in [0.2, 0.25) is 0 Å². The number of methoxy groups -OCH3 is 1. The Morgan fingerprint density at radius 3 is 2.03 bits per heavy atom. The molecule has 0 fully saturated rings. The van der Waals surface area contributed by atoms with Crippen LogP contribution in [0.5, 0.6) is 17.2 Å². The van der Waals surface area contributed by atoms with Crippen molar-refractivity contribution in [1.82, 2.24) is 0 Å². The summed E-state index contributed by atoms with van der Waals surface area (Å²) in [6.07, 6.45) is 0.789. The third kappa shape index (κ3) is 7.38. The van der Waals surface area contributed by atoms with Gasteiger partial charge in [0.15, 0.2) is 0 Å². The molecule has 0 bridgehead atoms. The minimum absolute atomic E-state index is 0.240. The zero-order chi connectivity index (χ0) is 23.6. The van der Waals surface area contributed by atoms with Crippen molar-refractivity contribution in [2.45, 2.75) is 32.6 Å². The van der Waals surface area contributed by atoms with E-state index in [-0.39, 0.29) is 18.3 Å². The molecular weight excluding hydrogens is 418 g/mol. The lowest BCUT2D eigenvalue weighted by Gasteiger charge is -2.09. The van der Waals surface area contributed by atoms with Crippen LogP contribution in [0, 0.1) is 0 Å². The molecule has 0 aromatic heterocycles. The van der Waals surface area contributed by atoms with Gasteiger partial charge in [0, 0.05) is 17.7 Å². The van der Waals surface area contributed by atoms with Crippen LogP contribution in [0.25, 0.3) is 0 Å². The summed E-state index contributed by atoms with van der Waals surface area (Å²) in [7, 11) is 1.59. The SMILES string of the molecule is COc1ccc(NC(=O)c2ccc(OC(=O)CCCOc3ccc(C(C)C)cc3)cc2)cc1. The van der Waals surface area contributed by atoms with Crippen LogP contribution in [-0.2, 0) is 4.79 Å². The fraction of sp³-hybridized carbons (Fsp3) is 0.259. The van der Waals surface area contributed by atoms with Crippen LogP contribution in [-0.4, -0.2) is 25.6 Å².